The number of ether oxygens (including phenoxy) is 2. The van der Waals surface area contributed by atoms with Crippen molar-refractivity contribution < 1.29 is 44.0 Å². The maximum absolute atomic E-state index is 13.3. The largest absolute Gasteiger partial charge is 0.489 e. The first kappa shape index (κ1) is 64.5. The molecule has 6 aromatic carbocycles. The van der Waals surface area contributed by atoms with Crippen LogP contribution in [0.4, 0.5) is 0 Å². The zero-order valence-corrected chi connectivity index (χ0v) is 52.9. The second-order valence-corrected chi connectivity index (χ2v) is 25.3. The van der Waals surface area contributed by atoms with Crippen LogP contribution < -0.4 is 20.5 Å². The van der Waals surface area contributed by atoms with E-state index in [0.717, 1.165) is 132 Å². The molecule has 89 heavy (non-hydrogen) atoms. The Morgan fingerprint density at radius 2 is 0.966 bits per heavy atom. The van der Waals surface area contributed by atoms with Crippen molar-refractivity contribution in [2.45, 2.75) is 141 Å². The third-order valence-corrected chi connectivity index (χ3v) is 17.5. The van der Waals surface area contributed by atoms with Gasteiger partial charge in [-0.15, -0.1) is 0 Å². The van der Waals surface area contributed by atoms with E-state index < -0.39 is 41.7 Å². The monoisotopic (exact) mass is 1250 g/mol. The molecule has 2 saturated heterocycles. The van der Waals surface area contributed by atoms with Crippen LogP contribution in [-0.2, 0) is 9.59 Å². The zero-order valence-electron chi connectivity index (χ0n) is 51.4. The average Bonchev–Trinajstić information content (AvgIpc) is 2.67. The number of nitrogens with two attached hydrogens (primary N) is 1. The van der Waals surface area contributed by atoms with Crippen LogP contribution in [0.15, 0.2) is 121 Å². The molecule has 17 nitrogen and oxygen atoms in total. The summed E-state index contributed by atoms with van der Waals surface area (Å²) in [5.74, 6) is -2.46. The molecule has 0 unspecified atom stereocenters. The van der Waals surface area contributed by atoms with E-state index in [4.69, 9.17) is 48.6 Å². The fourth-order valence-corrected chi connectivity index (χ4v) is 12.1. The van der Waals surface area contributed by atoms with Crippen molar-refractivity contribution in [1.82, 2.24) is 34.7 Å². The van der Waals surface area contributed by atoms with Gasteiger partial charge >= 0.3 is 5.97 Å². The Balaban J connectivity index is 0.000000163. The summed E-state index contributed by atoms with van der Waals surface area (Å²) in [5.41, 5.74) is 15.8. The number of benzene rings is 6. The third kappa shape index (κ3) is 15.9. The number of rotatable bonds is 21. The Bertz CT molecular complexity index is 3830. The molecule has 0 bridgehead atoms. The first-order valence-electron chi connectivity index (χ1n) is 31.0. The second kappa shape index (κ2) is 28.6. The number of fused-ring (bicyclic) bond motifs is 2. The van der Waals surface area contributed by atoms with Crippen LogP contribution in [0, 0.1) is 13.8 Å². The van der Waals surface area contributed by atoms with Gasteiger partial charge in [0, 0.05) is 64.5 Å². The van der Waals surface area contributed by atoms with Gasteiger partial charge in [0.25, 0.3) is 11.7 Å². The van der Waals surface area contributed by atoms with Gasteiger partial charge in [-0.2, -0.15) is 10.2 Å². The molecule has 8 aromatic rings. The number of ketones is 2. The van der Waals surface area contributed by atoms with E-state index in [1.807, 2.05) is 64.0 Å². The van der Waals surface area contributed by atoms with Crippen molar-refractivity contribution in [3.05, 3.63) is 165 Å². The maximum Gasteiger partial charge on any atom is 0.377 e. The number of aliphatic hydroxyl groups is 2. The highest BCUT2D eigenvalue weighted by molar-refractivity contribution is 6.43. The van der Waals surface area contributed by atoms with E-state index in [2.05, 4.69) is 67.8 Å². The van der Waals surface area contributed by atoms with Crippen molar-refractivity contribution in [2.24, 2.45) is 5.73 Å². The number of carboxylic acids is 1. The molecule has 4 heterocycles. The number of hydrogen-bond acceptors (Lipinski definition) is 13. The van der Waals surface area contributed by atoms with Crippen molar-refractivity contribution >= 4 is 68.5 Å². The molecule has 2 aliphatic carbocycles. The molecular formula is C70H80Cl2N8O9. The molecule has 2 aliphatic heterocycles. The summed E-state index contributed by atoms with van der Waals surface area (Å²) < 4.78 is 15.6. The lowest BCUT2D eigenvalue weighted by Crippen LogP contribution is -2.48. The Morgan fingerprint density at radius 1 is 0.562 bits per heavy atom. The first-order chi connectivity index (χ1) is 42.7. The molecule has 19 heteroatoms. The summed E-state index contributed by atoms with van der Waals surface area (Å²) in [7, 11) is 0. The number of aliphatic carboxylic acids is 1. The number of carboxylic acid groups (broad SMARTS) is 1. The fraction of sp³-hybridized carbons (Fsp3) is 0.400. The van der Waals surface area contributed by atoms with Gasteiger partial charge < -0.3 is 45.6 Å². The summed E-state index contributed by atoms with van der Waals surface area (Å²) in [6.07, 6.45) is 7.57. The molecule has 4 fully saturated rings. The summed E-state index contributed by atoms with van der Waals surface area (Å²) >= 11 is 12.7. The summed E-state index contributed by atoms with van der Waals surface area (Å²) in [4.78, 5) is 53.2. The molecule has 12 rings (SSSR count). The molecule has 4 atom stereocenters. The van der Waals surface area contributed by atoms with Crippen LogP contribution in [0.25, 0.3) is 44.1 Å². The minimum absolute atomic E-state index is 0.173. The highest BCUT2D eigenvalue weighted by Crippen LogP contribution is 2.37. The number of amides is 1. The van der Waals surface area contributed by atoms with E-state index in [1.54, 1.807) is 48.5 Å². The molecule has 2 saturated carbocycles. The average molecular weight is 1250 g/mol. The highest BCUT2D eigenvalue weighted by atomic mass is 35.5. The molecular weight excluding hydrogens is 1170 g/mol. The molecule has 1 amide bonds. The number of Topliss-reactive ketones (excluding diaryl/α,β-unsaturated/α-hetero) is 2. The predicted molar refractivity (Wildman–Crippen MR) is 348 cm³/mol. The van der Waals surface area contributed by atoms with Crippen molar-refractivity contribution in [3.8, 4) is 33.8 Å². The lowest BCUT2D eigenvalue weighted by atomic mass is 9.99. The predicted octanol–water partition coefficient (Wildman–Crippen LogP) is 12.5. The van der Waals surface area contributed by atoms with Crippen molar-refractivity contribution in [2.75, 3.05) is 39.3 Å². The van der Waals surface area contributed by atoms with E-state index in [9.17, 15) is 29.4 Å². The Hall–Kier alpha value is -7.48. The molecule has 0 radical (unpaired) electrons. The van der Waals surface area contributed by atoms with Crippen LogP contribution in [-0.4, -0.2) is 132 Å². The lowest BCUT2D eigenvalue weighted by Gasteiger charge is -2.28. The van der Waals surface area contributed by atoms with E-state index in [0.29, 0.717) is 45.8 Å². The van der Waals surface area contributed by atoms with E-state index in [1.165, 1.54) is 25.0 Å². The van der Waals surface area contributed by atoms with Crippen LogP contribution in [0.3, 0.4) is 0 Å². The van der Waals surface area contributed by atoms with Crippen LogP contribution in [0.5, 0.6) is 11.5 Å². The number of carbonyl (C=O) groups is 4. The summed E-state index contributed by atoms with van der Waals surface area (Å²) in [6, 6.07) is 36.1. The van der Waals surface area contributed by atoms with E-state index >= 15 is 0 Å². The Morgan fingerprint density at radius 3 is 1.37 bits per heavy atom. The number of aryl methyl sites for hydroxylation is 2. The summed E-state index contributed by atoms with van der Waals surface area (Å²) in [6.45, 7) is 17.6. The van der Waals surface area contributed by atoms with Crippen molar-refractivity contribution in [1.29, 1.82) is 0 Å². The molecule has 2 aromatic heterocycles. The summed E-state index contributed by atoms with van der Waals surface area (Å²) in [5, 5.41) is 46.0. The normalized spacial score (nSPS) is 16.6. The van der Waals surface area contributed by atoms with Gasteiger partial charge in [-0.3, -0.25) is 23.7 Å². The number of aliphatic hydroxyl groups excluding tert-OH is 2. The molecule has 6 N–H and O–H groups in total. The Labute approximate surface area is 529 Å². The fourth-order valence-electron chi connectivity index (χ4n) is 11.6. The zero-order chi connectivity index (χ0) is 63.2. The van der Waals surface area contributed by atoms with E-state index in [-0.39, 0.29) is 29.3 Å². The second-order valence-electron chi connectivity index (χ2n) is 24.5. The van der Waals surface area contributed by atoms with Gasteiger partial charge in [0.2, 0.25) is 5.78 Å². The number of carbonyl (C=O) groups excluding carboxylic acids is 3. The van der Waals surface area contributed by atoms with Gasteiger partial charge in [0.15, 0.2) is 0 Å². The minimum atomic E-state index is -1.45. The maximum atomic E-state index is 13.3. The van der Waals surface area contributed by atoms with Crippen LogP contribution in [0.1, 0.15) is 147 Å². The van der Waals surface area contributed by atoms with Gasteiger partial charge in [-0.25, -0.2) is 4.79 Å². The highest BCUT2D eigenvalue weighted by Gasteiger charge is 2.31. The number of hydrogen-bond donors (Lipinski definition) is 5. The number of nitrogens with one attached hydrogen (secondary N) is 1. The number of halogens is 2. The third-order valence-electron chi connectivity index (χ3n) is 16.9. The van der Waals surface area contributed by atoms with Crippen LogP contribution in [0.2, 0.25) is 10.0 Å². The first-order valence-corrected chi connectivity index (χ1v) is 31.7. The van der Waals surface area contributed by atoms with Gasteiger partial charge in [-0.1, -0.05) is 108 Å². The van der Waals surface area contributed by atoms with Gasteiger partial charge in [-0.05, 0) is 189 Å². The lowest BCUT2D eigenvalue weighted by molar-refractivity contribution is -0.131. The molecule has 0 spiro atoms. The standard InChI is InChI=1S/C35H39ClN4O4.C19H18N2O3.C16H23ClN2O2/c1-21(2)40-22(3)28-14-10-25(19-30(28)38-40)23-6-8-24(9-7-23)34(42)35(43)37-31(20-39-16-4-5-17-39)33(41)26-11-15-32(29(36)18-26)44-27-12-13-27;1-11(2)21-12(3)16-9-8-15(10-17(16)20-21)13-4-6-14(7-5-13)18(22)19(23)24;17-13-9-11(3-6-15(13)21-12-4-5-12)16(20)14(18)10-19-7-1-2-8-19/h6-11,14-15,18-19,21,27,31,33,41H,4-5,12-13,16-17,20H2,1-3H3,(H,37,43);4-11H,1-3H3,(H,23,24);3,6,9,12,14,16,20H,1-2,4-5,7-8,10,18H2/t31-,33-;;14-,16-/m1.1/s1. The molecule has 468 valence electrons. The Kier molecular flexibility index (Phi) is 20.7. The topological polar surface area (TPSA) is 228 Å². The molecule has 4 aliphatic rings. The van der Waals surface area contributed by atoms with Crippen LogP contribution >= 0.6 is 23.2 Å². The SMILES string of the molecule is Cc1c2ccc(-c3ccc(C(=O)C(=O)N[C@H](CN4CCCC4)[C@H](O)c4ccc(OC5CC5)c(Cl)c4)cc3)cc2nn1C(C)C.Cc1c2ccc(-c3ccc(C(=O)C(=O)O)cc3)cc2nn1C(C)C.N[C@H](CN1CCCC1)[C@H](O)c1ccc(OC2CC2)c(Cl)c1. The number of likely N-dealkylation sites (tertiary alicyclic amines) is 2. The minimum Gasteiger partial charge on any atom is -0.489 e. The number of aromatic nitrogens is 4. The smallest absolute Gasteiger partial charge is 0.377 e. The van der Waals surface area contributed by atoms with Gasteiger partial charge in [0.1, 0.15) is 17.6 Å². The van der Waals surface area contributed by atoms with Gasteiger partial charge in [0.05, 0.1) is 45.4 Å². The quantitative estimate of drug-likeness (QED) is 0.0333. The van der Waals surface area contributed by atoms with Crippen molar-refractivity contribution in [3.63, 3.8) is 0 Å². The number of nitrogens with zero attached hydrogens (tertiary/aromatic N) is 6.